The second-order valence-electron chi connectivity index (χ2n) is 8.14. The second-order valence-corrected chi connectivity index (χ2v) is 8.14. The lowest BCUT2D eigenvalue weighted by Crippen LogP contribution is -1.93. The molecule has 4 aromatic rings. The van der Waals surface area contributed by atoms with Gasteiger partial charge in [-0.3, -0.25) is 0 Å². The number of rotatable bonds is 3. The van der Waals surface area contributed by atoms with E-state index in [-0.39, 0.29) is 0 Å². The summed E-state index contributed by atoms with van der Waals surface area (Å²) < 4.78 is 0. The maximum atomic E-state index is 2.36. The Bertz CT molecular complexity index is 1170. The molecule has 0 aliphatic carbocycles. The predicted octanol–water partition coefficient (Wildman–Crippen LogP) is 8.23. The lowest BCUT2D eigenvalue weighted by atomic mass is 9.89. The fourth-order valence-electron chi connectivity index (χ4n) is 4.28. The molecule has 0 aliphatic heterocycles. The van der Waals surface area contributed by atoms with E-state index in [1.807, 2.05) is 0 Å². The van der Waals surface area contributed by atoms with Crippen LogP contribution < -0.4 is 0 Å². The highest BCUT2D eigenvalue weighted by Crippen LogP contribution is 2.35. The van der Waals surface area contributed by atoms with Gasteiger partial charge in [0.05, 0.1) is 0 Å². The van der Waals surface area contributed by atoms with Crippen molar-refractivity contribution in [1.29, 1.82) is 0 Å². The van der Waals surface area contributed by atoms with E-state index in [4.69, 9.17) is 0 Å². The minimum atomic E-state index is 1.27. The molecule has 0 nitrogen and oxygen atoms in total. The van der Waals surface area contributed by atoms with Crippen LogP contribution in [0, 0.1) is 34.6 Å². The molecule has 0 amide bonds. The number of hydrogen-bond acceptors (Lipinski definition) is 0. The molecule has 0 fully saturated rings. The van der Waals surface area contributed by atoms with Gasteiger partial charge >= 0.3 is 0 Å². The molecule has 0 heterocycles. The van der Waals surface area contributed by atoms with Crippen molar-refractivity contribution in [2.24, 2.45) is 0 Å². The van der Waals surface area contributed by atoms with Crippen molar-refractivity contribution in [3.05, 3.63) is 107 Å². The second kappa shape index (κ2) is 7.72. The van der Waals surface area contributed by atoms with Gasteiger partial charge in [-0.05, 0) is 108 Å². The Balaban J connectivity index is 1.87. The van der Waals surface area contributed by atoms with Crippen LogP contribution in [-0.4, -0.2) is 0 Å². The van der Waals surface area contributed by atoms with Crippen LogP contribution in [0.5, 0.6) is 0 Å². The Hall–Kier alpha value is -3.12. The summed E-state index contributed by atoms with van der Waals surface area (Å²) in [4.78, 5) is 0. The molecule has 0 aromatic heterocycles. The third kappa shape index (κ3) is 3.63. The summed E-state index contributed by atoms with van der Waals surface area (Å²) in [5, 5.41) is 0. The van der Waals surface area contributed by atoms with E-state index < -0.39 is 0 Å². The van der Waals surface area contributed by atoms with Crippen LogP contribution in [0.3, 0.4) is 0 Å². The molecule has 0 bridgehead atoms. The molecule has 4 aromatic carbocycles. The minimum absolute atomic E-state index is 1.27. The zero-order chi connectivity index (χ0) is 20.5. The van der Waals surface area contributed by atoms with E-state index in [1.54, 1.807) is 0 Å². The van der Waals surface area contributed by atoms with Crippen molar-refractivity contribution < 1.29 is 0 Å². The molecule has 0 saturated carbocycles. The topological polar surface area (TPSA) is 0 Å². The molecular formula is C29H28. The Morgan fingerprint density at radius 1 is 0.379 bits per heavy atom. The van der Waals surface area contributed by atoms with Gasteiger partial charge in [-0.1, -0.05) is 66.7 Å². The highest BCUT2D eigenvalue weighted by Gasteiger charge is 2.12. The zero-order valence-corrected chi connectivity index (χ0v) is 18.0. The van der Waals surface area contributed by atoms with E-state index in [9.17, 15) is 0 Å². The summed E-state index contributed by atoms with van der Waals surface area (Å²) in [5.41, 5.74) is 14.4. The molecule has 0 heteroatoms. The number of aryl methyl sites for hydroxylation is 5. The number of benzene rings is 4. The van der Waals surface area contributed by atoms with E-state index in [1.165, 1.54) is 61.2 Å². The van der Waals surface area contributed by atoms with Crippen molar-refractivity contribution in [1.82, 2.24) is 0 Å². The van der Waals surface area contributed by atoms with Gasteiger partial charge in [0.2, 0.25) is 0 Å². The lowest BCUT2D eigenvalue weighted by Gasteiger charge is -2.16. The standard InChI is InChI=1S/C29H28/c1-19-9-6-7-12-26(19)27-17-24(15-13-20(27)2)25-16-14-21(3)28(18-25)29-22(4)10-8-11-23(29)5/h6-18H,1-5H3. The fourth-order valence-corrected chi connectivity index (χ4v) is 4.28. The van der Waals surface area contributed by atoms with Crippen LogP contribution >= 0.6 is 0 Å². The largest absolute Gasteiger partial charge is 0.0620 e. The molecule has 0 aliphatic rings. The Morgan fingerprint density at radius 3 is 1.48 bits per heavy atom. The maximum Gasteiger partial charge on any atom is -0.0123 e. The van der Waals surface area contributed by atoms with E-state index >= 15 is 0 Å². The van der Waals surface area contributed by atoms with Crippen molar-refractivity contribution in [3.8, 4) is 33.4 Å². The Labute approximate surface area is 174 Å². The average Bonchev–Trinajstić information content (AvgIpc) is 2.70. The third-order valence-electron chi connectivity index (χ3n) is 5.99. The molecule has 4 rings (SSSR count). The normalized spacial score (nSPS) is 10.9. The first-order valence-electron chi connectivity index (χ1n) is 10.3. The summed E-state index contributed by atoms with van der Waals surface area (Å²) in [6.07, 6.45) is 0. The van der Waals surface area contributed by atoms with Crippen LogP contribution in [0.4, 0.5) is 0 Å². The molecule has 144 valence electrons. The van der Waals surface area contributed by atoms with Crippen molar-refractivity contribution in [2.75, 3.05) is 0 Å². The van der Waals surface area contributed by atoms with Gasteiger partial charge in [-0.2, -0.15) is 0 Å². The monoisotopic (exact) mass is 376 g/mol. The molecular weight excluding hydrogens is 348 g/mol. The molecule has 0 saturated heterocycles. The average molecular weight is 377 g/mol. The minimum Gasteiger partial charge on any atom is -0.0620 e. The SMILES string of the molecule is Cc1ccccc1-c1cc(-c2ccc(C)c(-c3c(C)cccc3C)c2)ccc1C. The van der Waals surface area contributed by atoms with Crippen LogP contribution in [0.1, 0.15) is 27.8 Å². The van der Waals surface area contributed by atoms with Gasteiger partial charge in [0.25, 0.3) is 0 Å². The molecule has 0 spiro atoms. The van der Waals surface area contributed by atoms with Crippen molar-refractivity contribution >= 4 is 0 Å². The van der Waals surface area contributed by atoms with Crippen LogP contribution in [0.15, 0.2) is 78.9 Å². The maximum absolute atomic E-state index is 2.36. The van der Waals surface area contributed by atoms with Gasteiger partial charge in [-0.15, -0.1) is 0 Å². The molecule has 29 heavy (non-hydrogen) atoms. The van der Waals surface area contributed by atoms with Crippen LogP contribution in [-0.2, 0) is 0 Å². The van der Waals surface area contributed by atoms with E-state index in [0.717, 1.165) is 0 Å². The third-order valence-corrected chi connectivity index (χ3v) is 5.99. The molecule has 0 atom stereocenters. The van der Waals surface area contributed by atoms with Crippen molar-refractivity contribution in [2.45, 2.75) is 34.6 Å². The summed E-state index contributed by atoms with van der Waals surface area (Å²) in [5.74, 6) is 0. The van der Waals surface area contributed by atoms with E-state index in [0.29, 0.717) is 0 Å². The molecule has 0 N–H and O–H groups in total. The highest BCUT2D eigenvalue weighted by molar-refractivity contribution is 5.82. The predicted molar refractivity (Wildman–Crippen MR) is 126 cm³/mol. The van der Waals surface area contributed by atoms with Crippen LogP contribution in [0.2, 0.25) is 0 Å². The highest BCUT2D eigenvalue weighted by atomic mass is 14.2. The first-order valence-corrected chi connectivity index (χ1v) is 10.3. The van der Waals surface area contributed by atoms with Gasteiger partial charge in [-0.25, -0.2) is 0 Å². The lowest BCUT2D eigenvalue weighted by molar-refractivity contribution is 1.35. The summed E-state index contributed by atoms with van der Waals surface area (Å²) in [6, 6.07) is 28.9. The Morgan fingerprint density at radius 2 is 0.862 bits per heavy atom. The van der Waals surface area contributed by atoms with Gasteiger partial charge in [0, 0.05) is 0 Å². The molecule has 0 unspecified atom stereocenters. The summed E-state index contributed by atoms with van der Waals surface area (Å²) in [7, 11) is 0. The van der Waals surface area contributed by atoms with Gasteiger partial charge < -0.3 is 0 Å². The molecule has 0 radical (unpaired) electrons. The smallest absolute Gasteiger partial charge is 0.0123 e. The quantitative estimate of drug-likeness (QED) is 0.338. The summed E-state index contributed by atoms with van der Waals surface area (Å²) in [6.45, 7) is 11.0. The Kier molecular flexibility index (Phi) is 5.11. The first kappa shape index (κ1) is 19.2. The van der Waals surface area contributed by atoms with Crippen molar-refractivity contribution in [3.63, 3.8) is 0 Å². The number of hydrogen-bond donors (Lipinski definition) is 0. The van der Waals surface area contributed by atoms with Gasteiger partial charge in [0.1, 0.15) is 0 Å². The first-order chi connectivity index (χ1) is 14.0. The van der Waals surface area contributed by atoms with Crippen LogP contribution in [0.25, 0.3) is 33.4 Å². The van der Waals surface area contributed by atoms with Gasteiger partial charge in [0.15, 0.2) is 0 Å². The summed E-state index contributed by atoms with van der Waals surface area (Å²) >= 11 is 0. The van der Waals surface area contributed by atoms with E-state index in [2.05, 4.69) is 113 Å². The fraction of sp³-hybridized carbons (Fsp3) is 0.172. The zero-order valence-electron chi connectivity index (χ0n) is 18.0.